The molecule has 0 bridgehead atoms. The molecule has 4 atom stereocenters. The maximum atomic E-state index is 12.5. The second-order valence-corrected chi connectivity index (χ2v) is 8.92. The topological polar surface area (TPSA) is 73.7 Å². The fourth-order valence-electron chi connectivity index (χ4n) is 3.78. The normalized spacial score (nSPS) is 29.9. The molecule has 0 spiro atoms. The number of rotatable bonds is 5. The van der Waals surface area contributed by atoms with Crippen molar-refractivity contribution in [3.63, 3.8) is 0 Å². The van der Waals surface area contributed by atoms with Gasteiger partial charge in [-0.05, 0) is 12.8 Å². The molecule has 6 nitrogen and oxygen atoms in total. The first-order valence-electron chi connectivity index (χ1n) is 8.32. The second-order valence-electron chi connectivity index (χ2n) is 6.48. The quantitative estimate of drug-likeness (QED) is 0.584. The summed E-state index contributed by atoms with van der Waals surface area (Å²) in [5.74, 6) is -0.390. The lowest BCUT2D eigenvalue weighted by Gasteiger charge is -2.44. The van der Waals surface area contributed by atoms with Crippen molar-refractivity contribution in [2.75, 3.05) is 18.0 Å². The van der Waals surface area contributed by atoms with Gasteiger partial charge >= 0.3 is 0 Å². The summed E-state index contributed by atoms with van der Waals surface area (Å²) in [4.78, 5) is 33.7. The van der Waals surface area contributed by atoms with E-state index in [0.717, 1.165) is 29.5 Å². The van der Waals surface area contributed by atoms with Crippen molar-refractivity contribution in [2.24, 2.45) is 11.8 Å². The number of thioether (sulfide) groups is 1. The van der Waals surface area contributed by atoms with Crippen LogP contribution in [0.25, 0.3) is 0 Å². The number of hydrogen-bond acceptors (Lipinski definition) is 7. The van der Waals surface area contributed by atoms with E-state index in [4.69, 9.17) is 0 Å². The molecule has 0 aromatic carbocycles. The Kier molecular flexibility index (Phi) is 4.59. The predicted octanol–water partition coefficient (Wildman–Crippen LogP) is 1.94. The molecular weight excluding hydrogens is 378 g/mol. The number of thiol groups is 1. The SMILES string of the molecule is CC[C@H](O)[C@@H]1C(=O)N2C(C(=O)S)=C(C3CCN(c4nccs4)C3)S[C@H]12. The number of carbonyl (C=O) groups is 2. The van der Waals surface area contributed by atoms with E-state index in [9.17, 15) is 14.7 Å². The summed E-state index contributed by atoms with van der Waals surface area (Å²) in [5, 5.41) is 12.5. The molecule has 1 N–H and O–H groups in total. The zero-order chi connectivity index (χ0) is 17.7. The zero-order valence-corrected chi connectivity index (χ0v) is 16.2. The summed E-state index contributed by atoms with van der Waals surface area (Å²) >= 11 is 7.18. The second kappa shape index (κ2) is 6.61. The van der Waals surface area contributed by atoms with Gasteiger partial charge in [-0.15, -0.1) is 23.1 Å². The highest BCUT2D eigenvalue weighted by atomic mass is 32.2. The summed E-state index contributed by atoms with van der Waals surface area (Å²) < 4.78 is 0. The lowest BCUT2D eigenvalue weighted by Crippen LogP contribution is -2.61. The monoisotopic (exact) mass is 397 g/mol. The zero-order valence-electron chi connectivity index (χ0n) is 13.7. The molecule has 0 aliphatic carbocycles. The van der Waals surface area contributed by atoms with Crippen LogP contribution in [0.3, 0.4) is 0 Å². The summed E-state index contributed by atoms with van der Waals surface area (Å²) in [6.07, 6.45) is 2.58. The number of aromatic nitrogens is 1. The third kappa shape index (κ3) is 2.72. The van der Waals surface area contributed by atoms with Crippen LogP contribution < -0.4 is 4.90 Å². The Morgan fingerprint density at radius 1 is 1.56 bits per heavy atom. The number of carbonyl (C=O) groups excluding carboxylic acids is 2. The van der Waals surface area contributed by atoms with Gasteiger partial charge in [-0.2, -0.15) is 0 Å². The fraction of sp³-hybridized carbons (Fsp3) is 0.562. The first kappa shape index (κ1) is 17.4. The number of thiazole rings is 1. The van der Waals surface area contributed by atoms with Gasteiger partial charge in [-0.3, -0.25) is 14.5 Å². The van der Waals surface area contributed by atoms with Crippen LogP contribution in [0.1, 0.15) is 19.8 Å². The minimum atomic E-state index is -0.660. The maximum absolute atomic E-state index is 12.5. The molecule has 1 unspecified atom stereocenters. The molecule has 3 aliphatic heterocycles. The van der Waals surface area contributed by atoms with Gasteiger partial charge in [0.25, 0.3) is 0 Å². The lowest BCUT2D eigenvalue weighted by molar-refractivity contribution is -0.154. The van der Waals surface area contributed by atoms with Crippen LogP contribution in [-0.4, -0.2) is 50.6 Å². The van der Waals surface area contributed by atoms with Gasteiger partial charge in [-0.25, -0.2) is 4.98 Å². The van der Waals surface area contributed by atoms with E-state index >= 15 is 0 Å². The van der Waals surface area contributed by atoms with Gasteiger partial charge in [0.05, 0.1) is 12.0 Å². The highest BCUT2D eigenvalue weighted by Crippen LogP contribution is 2.54. The number of nitrogens with zero attached hydrogens (tertiary/aromatic N) is 3. The molecule has 0 radical (unpaired) electrons. The van der Waals surface area contributed by atoms with Crippen molar-refractivity contribution < 1.29 is 14.7 Å². The van der Waals surface area contributed by atoms with E-state index in [1.165, 1.54) is 0 Å². The number of aliphatic hydroxyl groups excluding tert-OH is 1. The summed E-state index contributed by atoms with van der Waals surface area (Å²) in [6.45, 7) is 3.54. The van der Waals surface area contributed by atoms with Crippen LogP contribution in [0.2, 0.25) is 0 Å². The van der Waals surface area contributed by atoms with Gasteiger partial charge in [0.1, 0.15) is 11.1 Å². The van der Waals surface area contributed by atoms with E-state index in [-0.39, 0.29) is 22.3 Å². The van der Waals surface area contributed by atoms with Gasteiger partial charge < -0.3 is 10.0 Å². The van der Waals surface area contributed by atoms with E-state index in [1.807, 2.05) is 12.3 Å². The van der Waals surface area contributed by atoms with Crippen molar-refractivity contribution in [2.45, 2.75) is 31.2 Å². The molecular formula is C16H19N3O3S3. The average molecular weight is 398 g/mol. The molecule has 134 valence electrons. The van der Waals surface area contributed by atoms with Crippen LogP contribution in [-0.2, 0) is 9.59 Å². The van der Waals surface area contributed by atoms with Crippen LogP contribution >= 0.6 is 35.7 Å². The molecule has 0 saturated carbocycles. The molecule has 2 fully saturated rings. The number of fused-ring (bicyclic) bond motifs is 1. The van der Waals surface area contributed by atoms with Gasteiger partial charge in [-0.1, -0.05) is 19.6 Å². The average Bonchev–Trinajstić information content (AvgIpc) is 3.31. The van der Waals surface area contributed by atoms with Crippen molar-refractivity contribution in [3.05, 3.63) is 22.2 Å². The Labute approximate surface area is 159 Å². The lowest BCUT2D eigenvalue weighted by atomic mass is 9.89. The number of anilines is 1. The Bertz CT molecular complexity index is 736. The first-order valence-corrected chi connectivity index (χ1v) is 10.5. The van der Waals surface area contributed by atoms with Crippen LogP contribution in [0.15, 0.2) is 22.2 Å². The van der Waals surface area contributed by atoms with Crippen LogP contribution in [0, 0.1) is 11.8 Å². The highest BCUT2D eigenvalue weighted by Gasteiger charge is 2.58. The van der Waals surface area contributed by atoms with Crippen molar-refractivity contribution in [3.8, 4) is 0 Å². The van der Waals surface area contributed by atoms with Crippen molar-refractivity contribution in [1.29, 1.82) is 0 Å². The largest absolute Gasteiger partial charge is 0.392 e. The first-order chi connectivity index (χ1) is 12.0. The summed E-state index contributed by atoms with van der Waals surface area (Å²) in [5.41, 5.74) is 0.425. The summed E-state index contributed by atoms with van der Waals surface area (Å²) in [7, 11) is 0. The van der Waals surface area contributed by atoms with Crippen molar-refractivity contribution in [1.82, 2.24) is 9.88 Å². The van der Waals surface area contributed by atoms with Crippen LogP contribution in [0.5, 0.6) is 0 Å². The minimum absolute atomic E-state index is 0.158. The minimum Gasteiger partial charge on any atom is -0.392 e. The highest BCUT2D eigenvalue weighted by molar-refractivity contribution is 8.04. The predicted molar refractivity (Wildman–Crippen MR) is 101 cm³/mol. The van der Waals surface area contributed by atoms with Crippen LogP contribution in [0.4, 0.5) is 5.13 Å². The molecule has 9 heteroatoms. The molecule has 1 aromatic rings. The summed E-state index contributed by atoms with van der Waals surface area (Å²) in [6, 6.07) is 0. The number of amides is 1. The van der Waals surface area contributed by atoms with E-state index in [2.05, 4.69) is 22.5 Å². The van der Waals surface area contributed by atoms with E-state index < -0.39 is 12.0 Å². The molecule has 4 heterocycles. The smallest absolute Gasteiger partial charge is 0.236 e. The molecule has 4 rings (SSSR count). The van der Waals surface area contributed by atoms with E-state index in [0.29, 0.717) is 12.1 Å². The van der Waals surface area contributed by atoms with Gasteiger partial charge in [0.2, 0.25) is 11.0 Å². The van der Waals surface area contributed by atoms with Crippen molar-refractivity contribution >= 4 is 51.9 Å². The Hall–Kier alpha value is -1.03. The Balaban J connectivity index is 1.57. The Morgan fingerprint density at radius 2 is 2.36 bits per heavy atom. The molecule has 3 aliphatic rings. The third-order valence-corrected chi connectivity index (χ3v) is 7.66. The standard InChI is InChI=1S/C16H19N3O3S3/c1-2-9(20)10-13(21)19-11(15(22)23)12(25-14(10)19)8-3-5-18(7-8)16-17-4-6-24-16/h4,6,8-10,14,20H,2-3,5,7H2,1H3,(H,22,23)/t8?,9-,10+,14+/m0/s1. The molecule has 1 amide bonds. The number of β-lactam (4-membered cyclic amide) rings is 1. The number of aliphatic hydroxyl groups is 1. The van der Waals surface area contributed by atoms with Gasteiger partial charge in [0.15, 0.2) is 5.13 Å². The molecule has 1 aromatic heterocycles. The van der Waals surface area contributed by atoms with E-state index in [1.54, 1.807) is 34.2 Å². The fourth-order valence-corrected chi connectivity index (χ4v) is 6.47. The third-order valence-electron chi connectivity index (χ3n) is 5.09. The van der Waals surface area contributed by atoms with Gasteiger partial charge in [0, 0.05) is 35.5 Å². The number of hydrogen-bond donors (Lipinski definition) is 2. The molecule has 2 saturated heterocycles. The molecule has 25 heavy (non-hydrogen) atoms. The Morgan fingerprint density at radius 3 is 3.00 bits per heavy atom. The maximum Gasteiger partial charge on any atom is 0.236 e.